The lowest BCUT2D eigenvalue weighted by atomic mass is 10.2. The Morgan fingerprint density at radius 3 is 2.44 bits per heavy atom. The minimum Gasteiger partial charge on any atom is -0.486 e. The fourth-order valence-electron chi connectivity index (χ4n) is 4.44. The van der Waals surface area contributed by atoms with Crippen LogP contribution >= 0.6 is 0 Å². The number of rotatable bonds is 11. The molecule has 2 heterocycles. The summed E-state index contributed by atoms with van der Waals surface area (Å²) in [6, 6.07) is 24.9. The number of hydrogen-bond donors (Lipinski definition) is 1. The molecule has 43 heavy (non-hydrogen) atoms. The third kappa shape index (κ3) is 6.96. The quantitative estimate of drug-likeness (QED) is 0.106. The van der Waals surface area contributed by atoms with Crippen LogP contribution in [0.4, 0.5) is 10.1 Å². The zero-order chi connectivity index (χ0) is 30.3. The predicted molar refractivity (Wildman–Crippen MR) is 157 cm³/mol. The molecule has 5 aromatic rings. The van der Waals surface area contributed by atoms with Crippen molar-refractivity contribution in [3.05, 3.63) is 141 Å². The number of hydrogen-bond acceptors (Lipinski definition) is 7. The van der Waals surface area contributed by atoms with Crippen LogP contribution in [0.15, 0.2) is 101 Å². The van der Waals surface area contributed by atoms with Crippen molar-refractivity contribution in [1.29, 1.82) is 0 Å². The smallest absolute Gasteiger partial charge is 0.311 e. The summed E-state index contributed by atoms with van der Waals surface area (Å²) in [7, 11) is 0. The first-order valence-electron chi connectivity index (χ1n) is 13.2. The van der Waals surface area contributed by atoms with Crippen LogP contribution < -0.4 is 14.9 Å². The summed E-state index contributed by atoms with van der Waals surface area (Å²) in [5.41, 5.74) is 6.07. The molecule has 0 aliphatic heterocycles. The molecule has 1 amide bonds. The molecule has 0 fully saturated rings. The van der Waals surface area contributed by atoms with Gasteiger partial charge in [0, 0.05) is 28.7 Å². The molecular weight excluding hydrogens is 555 g/mol. The second-order valence-electron chi connectivity index (χ2n) is 9.57. The Morgan fingerprint density at radius 2 is 1.72 bits per heavy atom. The summed E-state index contributed by atoms with van der Waals surface area (Å²) >= 11 is 0. The molecule has 0 aliphatic rings. The van der Waals surface area contributed by atoms with Crippen molar-refractivity contribution in [1.82, 2.24) is 9.99 Å². The van der Waals surface area contributed by atoms with Crippen LogP contribution in [0.1, 0.15) is 38.8 Å². The highest BCUT2D eigenvalue weighted by Gasteiger charge is 2.19. The van der Waals surface area contributed by atoms with Crippen molar-refractivity contribution in [2.24, 2.45) is 5.10 Å². The van der Waals surface area contributed by atoms with Gasteiger partial charge in [-0.25, -0.2) is 9.82 Å². The van der Waals surface area contributed by atoms with Crippen LogP contribution in [0.5, 0.6) is 11.5 Å². The van der Waals surface area contributed by atoms with E-state index < -0.39 is 16.6 Å². The van der Waals surface area contributed by atoms with Gasteiger partial charge in [-0.05, 0) is 86.1 Å². The van der Waals surface area contributed by atoms with Gasteiger partial charge in [0.25, 0.3) is 0 Å². The summed E-state index contributed by atoms with van der Waals surface area (Å²) in [6.45, 7) is 4.09. The van der Waals surface area contributed by atoms with E-state index in [4.69, 9.17) is 13.9 Å². The van der Waals surface area contributed by atoms with Gasteiger partial charge in [-0.1, -0.05) is 18.2 Å². The van der Waals surface area contributed by atoms with Crippen molar-refractivity contribution in [2.45, 2.75) is 27.1 Å². The zero-order valence-electron chi connectivity index (χ0n) is 23.3. The number of aryl methyl sites for hydroxylation is 2. The number of para-hydroxylation sites is 1. The largest absolute Gasteiger partial charge is 0.486 e. The van der Waals surface area contributed by atoms with Gasteiger partial charge >= 0.3 is 11.6 Å². The number of halogens is 1. The van der Waals surface area contributed by atoms with Gasteiger partial charge in [-0.2, -0.15) is 5.10 Å². The average Bonchev–Trinajstić information content (AvgIpc) is 3.61. The molecular formula is C32H27FN4O6. The third-order valence-corrected chi connectivity index (χ3v) is 6.50. The number of furan rings is 1. The van der Waals surface area contributed by atoms with Gasteiger partial charge in [-0.3, -0.25) is 14.9 Å². The van der Waals surface area contributed by atoms with E-state index in [9.17, 15) is 19.3 Å². The van der Waals surface area contributed by atoms with Crippen LogP contribution in [-0.2, 0) is 13.2 Å². The maximum atomic E-state index is 13.5. The van der Waals surface area contributed by atoms with E-state index in [0.29, 0.717) is 17.1 Å². The summed E-state index contributed by atoms with van der Waals surface area (Å²) in [6.07, 6.45) is 1.22. The molecule has 0 saturated carbocycles. The monoisotopic (exact) mass is 582 g/mol. The lowest BCUT2D eigenvalue weighted by molar-refractivity contribution is -0.385. The molecule has 3 aromatic carbocycles. The standard InChI is InChI=1S/C32H27FN4O6/c1-21-9-10-22(2)36(21)26-11-13-27(14-12-26)41-20-28-15-16-30(43-28)32(38)35-34-18-24-6-4-8-29(37(39)40)31(24)42-19-23-5-3-7-25(33)17-23/h3-18H,19-20H2,1-2H3,(H,35,38)/b34-18+. The molecule has 11 heteroatoms. The number of aromatic nitrogens is 1. The van der Waals surface area contributed by atoms with Crippen LogP contribution in [0, 0.1) is 29.8 Å². The van der Waals surface area contributed by atoms with Crippen molar-refractivity contribution < 1.29 is 28.0 Å². The van der Waals surface area contributed by atoms with Gasteiger partial charge < -0.3 is 18.5 Å². The molecule has 0 saturated heterocycles. The molecule has 1 N–H and O–H groups in total. The van der Waals surface area contributed by atoms with E-state index in [1.54, 1.807) is 18.2 Å². The topological polar surface area (TPSA) is 121 Å². The number of ether oxygens (including phenoxy) is 2. The summed E-state index contributed by atoms with van der Waals surface area (Å²) in [5.74, 6) is -0.0667. The molecule has 0 spiro atoms. The van der Waals surface area contributed by atoms with Crippen LogP contribution in [0.3, 0.4) is 0 Å². The second kappa shape index (κ2) is 12.9. The first-order valence-corrected chi connectivity index (χ1v) is 13.2. The SMILES string of the molecule is Cc1ccc(C)n1-c1ccc(OCc2ccc(C(=O)N/N=C/c3cccc([N+](=O)[O-])c3OCc3cccc(F)c3)o2)cc1. The Labute approximate surface area is 246 Å². The number of nitrogens with one attached hydrogen (secondary N) is 1. The van der Waals surface area contributed by atoms with Gasteiger partial charge in [0.2, 0.25) is 5.75 Å². The molecule has 0 unspecified atom stereocenters. The average molecular weight is 583 g/mol. The van der Waals surface area contributed by atoms with Crippen molar-refractivity contribution >= 4 is 17.8 Å². The molecule has 2 aromatic heterocycles. The fraction of sp³-hybridized carbons (Fsp3) is 0.125. The van der Waals surface area contributed by atoms with E-state index in [1.165, 1.54) is 42.6 Å². The highest BCUT2D eigenvalue weighted by atomic mass is 19.1. The van der Waals surface area contributed by atoms with Crippen LogP contribution in [0.25, 0.3) is 5.69 Å². The molecule has 0 aliphatic carbocycles. The number of nitrogens with zero attached hydrogens (tertiary/aromatic N) is 3. The maximum absolute atomic E-state index is 13.5. The molecule has 0 bridgehead atoms. The number of hydrazone groups is 1. The number of benzene rings is 3. The lowest BCUT2D eigenvalue weighted by Gasteiger charge is -2.10. The Hall–Kier alpha value is -5.71. The van der Waals surface area contributed by atoms with E-state index in [1.807, 2.05) is 38.1 Å². The second-order valence-corrected chi connectivity index (χ2v) is 9.57. The van der Waals surface area contributed by atoms with E-state index in [2.05, 4.69) is 27.2 Å². The number of nitro groups is 1. The van der Waals surface area contributed by atoms with E-state index in [0.717, 1.165) is 17.1 Å². The number of nitro benzene ring substituents is 1. The number of carbonyl (C=O) groups is 1. The van der Waals surface area contributed by atoms with Gasteiger partial charge in [0.15, 0.2) is 5.76 Å². The molecule has 5 rings (SSSR count). The number of carbonyl (C=O) groups excluding carboxylic acids is 1. The summed E-state index contributed by atoms with van der Waals surface area (Å²) in [5, 5.41) is 15.5. The minimum absolute atomic E-state index is 0.00581. The zero-order valence-corrected chi connectivity index (χ0v) is 23.3. The molecule has 0 atom stereocenters. The Morgan fingerprint density at radius 1 is 0.977 bits per heavy atom. The first-order chi connectivity index (χ1) is 20.8. The lowest BCUT2D eigenvalue weighted by Crippen LogP contribution is -2.17. The van der Waals surface area contributed by atoms with Crippen LogP contribution in [0.2, 0.25) is 0 Å². The Bertz CT molecular complexity index is 1770. The first kappa shape index (κ1) is 28.8. The minimum atomic E-state index is -0.628. The normalized spacial score (nSPS) is 11.0. The Balaban J connectivity index is 1.19. The van der Waals surface area contributed by atoms with Crippen molar-refractivity contribution in [3.8, 4) is 17.2 Å². The summed E-state index contributed by atoms with van der Waals surface area (Å²) < 4.78 is 32.7. The molecule has 0 radical (unpaired) electrons. The van der Waals surface area contributed by atoms with Crippen molar-refractivity contribution in [2.75, 3.05) is 0 Å². The maximum Gasteiger partial charge on any atom is 0.311 e. The van der Waals surface area contributed by atoms with Gasteiger partial charge in [0.05, 0.1) is 11.1 Å². The van der Waals surface area contributed by atoms with E-state index in [-0.39, 0.29) is 36.0 Å². The molecule has 10 nitrogen and oxygen atoms in total. The predicted octanol–water partition coefficient (Wildman–Crippen LogP) is 6.66. The fourth-order valence-corrected chi connectivity index (χ4v) is 4.44. The highest BCUT2D eigenvalue weighted by molar-refractivity contribution is 5.93. The van der Waals surface area contributed by atoms with E-state index >= 15 is 0 Å². The Kier molecular flexibility index (Phi) is 8.61. The van der Waals surface area contributed by atoms with Gasteiger partial charge in [-0.15, -0.1) is 0 Å². The van der Waals surface area contributed by atoms with Crippen LogP contribution in [-0.4, -0.2) is 21.6 Å². The highest BCUT2D eigenvalue weighted by Crippen LogP contribution is 2.31. The summed E-state index contributed by atoms with van der Waals surface area (Å²) in [4.78, 5) is 23.6. The number of amides is 1. The van der Waals surface area contributed by atoms with Crippen molar-refractivity contribution in [3.63, 3.8) is 0 Å². The third-order valence-electron chi connectivity index (χ3n) is 6.50. The van der Waals surface area contributed by atoms with Gasteiger partial charge in [0.1, 0.15) is 30.5 Å². The molecule has 218 valence electrons.